The third-order valence-corrected chi connectivity index (χ3v) is 1.16. The van der Waals surface area contributed by atoms with Crippen LogP contribution in [0.5, 0.6) is 0 Å². The van der Waals surface area contributed by atoms with E-state index >= 15 is 0 Å². The van der Waals surface area contributed by atoms with E-state index in [1.165, 1.54) is 5.56 Å². The van der Waals surface area contributed by atoms with Crippen LogP contribution >= 0.6 is 0 Å². The van der Waals surface area contributed by atoms with Crippen molar-refractivity contribution in [3.05, 3.63) is 30.1 Å². The van der Waals surface area contributed by atoms with E-state index < -0.39 is 0 Å². The van der Waals surface area contributed by atoms with Gasteiger partial charge in [0.05, 0.1) is 0 Å². The lowest BCUT2D eigenvalue weighted by atomic mass is 10.2. The fourth-order valence-corrected chi connectivity index (χ4v) is 0.618. The topological polar surface area (TPSA) is 24.9 Å². The van der Waals surface area contributed by atoms with Crippen LogP contribution in [0.2, 0.25) is 0 Å². The molecule has 0 saturated heterocycles. The first-order valence-electron chi connectivity index (χ1n) is 3.82. The number of rotatable bonds is 1. The van der Waals surface area contributed by atoms with Gasteiger partial charge in [0.15, 0.2) is 0 Å². The number of nitrogens with zero attached hydrogens (tertiary/aromatic N) is 1. The lowest BCUT2D eigenvalue weighted by Crippen LogP contribution is -1.89. The number of hydrogen-bond acceptors (Lipinski definition) is 2. The zero-order valence-electron chi connectivity index (χ0n) is 7.46. The predicted octanol–water partition coefficient (Wildman–Crippen LogP) is 1.48. The smallest absolute Gasteiger partial charge is 0.0270 e. The summed E-state index contributed by atoms with van der Waals surface area (Å²) >= 11 is 0. The molecule has 0 saturated carbocycles. The Hall–Kier alpha value is -0.890. The monoisotopic (exact) mass is 152 g/mol. The molecular weight excluding hydrogens is 136 g/mol. The van der Waals surface area contributed by atoms with Crippen LogP contribution in [0.3, 0.4) is 0 Å². The summed E-state index contributed by atoms with van der Waals surface area (Å²) in [5.41, 5.74) is 1.35. The first kappa shape index (κ1) is 10.1. The summed E-state index contributed by atoms with van der Waals surface area (Å²) in [7, 11) is 3.75. The molecule has 2 heteroatoms. The fourth-order valence-electron chi connectivity index (χ4n) is 0.618. The second kappa shape index (κ2) is 7.22. The van der Waals surface area contributed by atoms with Crippen molar-refractivity contribution < 1.29 is 0 Å². The predicted molar refractivity (Wildman–Crippen MR) is 48.6 cm³/mol. The van der Waals surface area contributed by atoms with Gasteiger partial charge in [-0.25, -0.2) is 0 Å². The minimum absolute atomic E-state index is 1.10. The van der Waals surface area contributed by atoms with Gasteiger partial charge in [0.25, 0.3) is 0 Å². The van der Waals surface area contributed by atoms with E-state index in [0.29, 0.717) is 0 Å². The van der Waals surface area contributed by atoms with Crippen molar-refractivity contribution in [2.24, 2.45) is 0 Å². The van der Waals surface area contributed by atoms with Crippen LogP contribution in [0.1, 0.15) is 12.5 Å². The Morgan fingerprint density at radius 1 is 1.27 bits per heavy atom. The normalized spacial score (nSPS) is 8.27. The summed E-state index contributed by atoms with van der Waals surface area (Å²) in [6.07, 6.45) is 4.74. The van der Waals surface area contributed by atoms with Crippen molar-refractivity contribution in [3.63, 3.8) is 0 Å². The lowest BCUT2D eigenvalue weighted by molar-refractivity contribution is 1.02. The molecule has 0 fully saturated rings. The maximum Gasteiger partial charge on any atom is 0.0270 e. The molecule has 1 N–H and O–H groups in total. The van der Waals surface area contributed by atoms with Gasteiger partial charge in [0.1, 0.15) is 0 Å². The van der Waals surface area contributed by atoms with Crippen LogP contribution in [0, 0.1) is 0 Å². The van der Waals surface area contributed by atoms with Crippen LogP contribution in [-0.4, -0.2) is 19.1 Å². The van der Waals surface area contributed by atoms with Gasteiger partial charge in [-0.2, -0.15) is 0 Å². The SMILES string of the molecule is CCc1ccncc1.CNC. The minimum Gasteiger partial charge on any atom is -0.323 e. The molecule has 1 heterocycles. The largest absolute Gasteiger partial charge is 0.323 e. The van der Waals surface area contributed by atoms with Gasteiger partial charge in [-0.15, -0.1) is 0 Å². The Balaban J connectivity index is 0.000000292. The van der Waals surface area contributed by atoms with Gasteiger partial charge in [-0.05, 0) is 38.2 Å². The highest BCUT2D eigenvalue weighted by Gasteiger charge is 1.80. The Morgan fingerprint density at radius 3 is 2.00 bits per heavy atom. The molecule has 11 heavy (non-hydrogen) atoms. The summed E-state index contributed by atoms with van der Waals surface area (Å²) in [4.78, 5) is 3.89. The van der Waals surface area contributed by atoms with Crippen LogP contribution in [-0.2, 0) is 6.42 Å². The van der Waals surface area contributed by atoms with Gasteiger partial charge in [0, 0.05) is 12.4 Å². The van der Waals surface area contributed by atoms with Gasteiger partial charge >= 0.3 is 0 Å². The molecule has 0 aromatic carbocycles. The molecule has 0 spiro atoms. The van der Waals surface area contributed by atoms with E-state index in [0.717, 1.165) is 6.42 Å². The third-order valence-electron chi connectivity index (χ3n) is 1.16. The van der Waals surface area contributed by atoms with Gasteiger partial charge in [-0.1, -0.05) is 6.92 Å². The van der Waals surface area contributed by atoms with E-state index in [1.54, 1.807) is 0 Å². The van der Waals surface area contributed by atoms with E-state index in [-0.39, 0.29) is 0 Å². The van der Waals surface area contributed by atoms with Crippen LogP contribution < -0.4 is 5.32 Å². The van der Waals surface area contributed by atoms with Gasteiger partial charge in [0.2, 0.25) is 0 Å². The van der Waals surface area contributed by atoms with Crippen molar-refractivity contribution in [3.8, 4) is 0 Å². The first-order valence-corrected chi connectivity index (χ1v) is 3.82. The minimum atomic E-state index is 1.10. The number of aromatic nitrogens is 1. The van der Waals surface area contributed by atoms with Crippen molar-refractivity contribution in [2.45, 2.75) is 13.3 Å². The van der Waals surface area contributed by atoms with Crippen molar-refractivity contribution >= 4 is 0 Å². The molecule has 0 atom stereocenters. The third kappa shape index (κ3) is 5.55. The highest BCUT2D eigenvalue weighted by Crippen LogP contribution is 1.94. The molecule has 0 unspecified atom stereocenters. The maximum absolute atomic E-state index is 3.89. The molecule has 2 nitrogen and oxygen atoms in total. The summed E-state index contributed by atoms with van der Waals surface area (Å²) < 4.78 is 0. The highest BCUT2D eigenvalue weighted by atomic mass is 14.7. The number of pyridine rings is 1. The molecule has 0 aliphatic carbocycles. The molecule has 1 rings (SSSR count). The zero-order chi connectivity index (χ0) is 8.53. The fraction of sp³-hybridized carbons (Fsp3) is 0.444. The molecule has 0 aliphatic rings. The molecule has 0 aliphatic heterocycles. The molecule has 0 radical (unpaired) electrons. The van der Waals surface area contributed by atoms with E-state index in [2.05, 4.69) is 17.2 Å². The Morgan fingerprint density at radius 2 is 1.73 bits per heavy atom. The van der Waals surface area contributed by atoms with Crippen LogP contribution in [0.4, 0.5) is 0 Å². The molecule has 62 valence electrons. The molecule has 0 bridgehead atoms. The molecule has 1 aromatic rings. The van der Waals surface area contributed by atoms with Crippen molar-refractivity contribution in [1.82, 2.24) is 10.3 Å². The lowest BCUT2D eigenvalue weighted by Gasteiger charge is -1.89. The average Bonchev–Trinajstić information content (AvgIpc) is 2.08. The van der Waals surface area contributed by atoms with E-state index in [4.69, 9.17) is 0 Å². The second-order valence-electron chi connectivity index (χ2n) is 2.21. The standard InChI is InChI=1S/C7H9N.C2H7N/c1-2-7-3-5-8-6-4-7;1-3-2/h3-6H,2H2,1H3;3H,1-2H3. The van der Waals surface area contributed by atoms with Crippen molar-refractivity contribution in [1.29, 1.82) is 0 Å². The van der Waals surface area contributed by atoms with Crippen LogP contribution in [0.25, 0.3) is 0 Å². The van der Waals surface area contributed by atoms with E-state index in [9.17, 15) is 0 Å². The summed E-state index contributed by atoms with van der Waals surface area (Å²) in [5.74, 6) is 0. The second-order valence-corrected chi connectivity index (χ2v) is 2.21. The average molecular weight is 152 g/mol. The molecular formula is C9H16N2. The summed E-state index contributed by atoms with van der Waals surface area (Å²) in [5, 5.41) is 2.75. The number of hydrogen-bond donors (Lipinski definition) is 1. The number of aryl methyl sites for hydroxylation is 1. The number of nitrogens with one attached hydrogen (secondary N) is 1. The van der Waals surface area contributed by atoms with Crippen molar-refractivity contribution in [2.75, 3.05) is 14.1 Å². The van der Waals surface area contributed by atoms with Gasteiger partial charge < -0.3 is 5.32 Å². The Kier molecular flexibility index (Phi) is 6.64. The molecule has 0 amide bonds. The quantitative estimate of drug-likeness (QED) is 0.659. The first-order chi connectivity index (χ1) is 5.35. The van der Waals surface area contributed by atoms with Gasteiger partial charge in [-0.3, -0.25) is 4.98 Å². The highest BCUT2D eigenvalue weighted by molar-refractivity contribution is 5.08. The molecule has 1 aromatic heterocycles. The van der Waals surface area contributed by atoms with Crippen LogP contribution in [0.15, 0.2) is 24.5 Å². The zero-order valence-corrected chi connectivity index (χ0v) is 7.46. The summed E-state index contributed by atoms with van der Waals surface area (Å²) in [6, 6.07) is 4.06. The summed E-state index contributed by atoms with van der Waals surface area (Å²) in [6.45, 7) is 2.13. The van der Waals surface area contributed by atoms with E-state index in [1.807, 2.05) is 38.6 Å². The maximum atomic E-state index is 3.89. The Bertz CT molecular complexity index is 160. The Labute approximate surface area is 68.7 Å².